The van der Waals surface area contributed by atoms with Crippen LogP contribution in [0.15, 0.2) is 0 Å². The van der Waals surface area contributed by atoms with Crippen molar-refractivity contribution in [2.24, 2.45) is 11.8 Å². The van der Waals surface area contributed by atoms with Crippen molar-refractivity contribution in [3.05, 3.63) is 0 Å². The maximum absolute atomic E-state index is 11.7. The van der Waals surface area contributed by atoms with Crippen LogP contribution in [0.3, 0.4) is 0 Å². The van der Waals surface area contributed by atoms with Gasteiger partial charge in [0.1, 0.15) is 6.10 Å². The molecule has 13 heavy (non-hydrogen) atoms. The summed E-state index contributed by atoms with van der Waals surface area (Å²) in [5, 5.41) is 0. The fourth-order valence-electron chi connectivity index (χ4n) is 2.55. The van der Waals surface area contributed by atoms with Gasteiger partial charge in [-0.05, 0) is 44.8 Å². The van der Waals surface area contributed by atoms with E-state index in [1.807, 2.05) is 0 Å². The molecule has 2 fully saturated rings. The predicted octanol–water partition coefficient (Wildman–Crippen LogP) is 2.21. The SMILES string of the molecule is C[Si](C)(C)O[C@H]1C(=O)[C@@H]2CC[C@H]1C2. The molecule has 2 aliphatic rings. The third-order valence-electron chi connectivity index (χ3n) is 3.06. The van der Waals surface area contributed by atoms with Crippen molar-refractivity contribution in [2.45, 2.75) is 45.0 Å². The van der Waals surface area contributed by atoms with Gasteiger partial charge in [-0.15, -0.1) is 0 Å². The lowest BCUT2D eigenvalue weighted by atomic mass is 9.97. The zero-order valence-electron chi connectivity index (χ0n) is 8.67. The number of rotatable bonds is 2. The van der Waals surface area contributed by atoms with E-state index in [1.54, 1.807) is 0 Å². The zero-order chi connectivity index (χ0) is 9.64. The van der Waals surface area contributed by atoms with Gasteiger partial charge >= 0.3 is 0 Å². The molecule has 0 unspecified atom stereocenters. The Bertz CT molecular complexity index is 232. The summed E-state index contributed by atoms with van der Waals surface area (Å²) in [6, 6.07) is 0. The van der Waals surface area contributed by atoms with Crippen LogP contribution in [-0.2, 0) is 9.22 Å². The summed E-state index contributed by atoms with van der Waals surface area (Å²) >= 11 is 0. The highest BCUT2D eigenvalue weighted by atomic mass is 28.4. The van der Waals surface area contributed by atoms with Gasteiger partial charge in [0.2, 0.25) is 0 Å². The molecule has 74 valence electrons. The van der Waals surface area contributed by atoms with Gasteiger partial charge in [-0.3, -0.25) is 4.79 Å². The van der Waals surface area contributed by atoms with Gasteiger partial charge in [-0.25, -0.2) is 0 Å². The first-order chi connectivity index (χ1) is 5.97. The Kier molecular flexibility index (Phi) is 2.11. The van der Waals surface area contributed by atoms with Crippen LogP contribution in [0.25, 0.3) is 0 Å². The Morgan fingerprint density at radius 3 is 2.46 bits per heavy atom. The zero-order valence-corrected chi connectivity index (χ0v) is 9.67. The Labute approximate surface area is 80.8 Å². The van der Waals surface area contributed by atoms with E-state index in [-0.39, 0.29) is 6.10 Å². The maximum Gasteiger partial charge on any atom is 0.184 e. The fraction of sp³-hybridized carbons (Fsp3) is 0.900. The highest BCUT2D eigenvalue weighted by Gasteiger charge is 2.48. The molecule has 0 N–H and O–H groups in total. The van der Waals surface area contributed by atoms with Crippen molar-refractivity contribution in [1.29, 1.82) is 0 Å². The Morgan fingerprint density at radius 1 is 1.31 bits per heavy atom. The van der Waals surface area contributed by atoms with Gasteiger partial charge in [-0.2, -0.15) is 0 Å². The van der Waals surface area contributed by atoms with Crippen LogP contribution in [0, 0.1) is 11.8 Å². The van der Waals surface area contributed by atoms with E-state index in [9.17, 15) is 4.79 Å². The number of Topliss-reactive ketones (excluding diaryl/α,β-unsaturated/α-hetero) is 1. The minimum absolute atomic E-state index is 0.0228. The molecular weight excluding hydrogens is 180 g/mol. The van der Waals surface area contributed by atoms with E-state index in [0.717, 1.165) is 12.8 Å². The molecule has 2 nitrogen and oxygen atoms in total. The highest BCUT2D eigenvalue weighted by Crippen LogP contribution is 2.44. The normalized spacial score (nSPS) is 38.7. The molecule has 0 amide bonds. The van der Waals surface area contributed by atoms with E-state index >= 15 is 0 Å². The quantitative estimate of drug-likeness (QED) is 0.636. The molecule has 3 atom stereocenters. The number of fused-ring (bicyclic) bond motifs is 2. The number of carbonyl (C=O) groups excluding carboxylic acids is 1. The first kappa shape index (κ1) is 9.40. The van der Waals surface area contributed by atoms with E-state index in [4.69, 9.17) is 4.43 Å². The molecule has 3 heteroatoms. The molecule has 2 bridgehead atoms. The van der Waals surface area contributed by atoms with E-state index in [0.29, 0.717) is 17.6 Å². The Balaban J connectivity index is 2.05. The standard InChI is InChI=1S/C10H18O2Si/c1-13(2,3)12-10-8-5-4-7(6-8)9(10)11/h7-8,10H,4-6H2,1-3H3/t7-,8+,10-/m1/s1. The van der Waals surface area contributed by atoms with Gasteiger partial charge in [0, 0.05) is 5.92 Å². The minimum Gasteiger partial charge on any atom is -0.407 e. The lowest BCUT2D eigenvalue weighted by Crippen LogP contribution is -2.39. The van der Waals surface area contributed by atoms with Crippen LogP contribution >= 0.6 is 0 Å². The lowest BCUT2D eigenvalue weighted by Gasteiger charge is -2.28. The van der Waals surface area contributed by atoms with Gasteiger partial charge in [0.05, 0.1) is 0 Å². The smallest absolute Gasteiger partial charge is 0.184 e. The molecule has 0 radical (unpaired) electrons. The molecule has 0 aromatic heterocycles. The molecular formula is C10H18O2Si. The molecule has 0 heterocycles. The summed E-state index contributed by atoms with van der Waals surface area (Å²) < 4.78 is 5.93. The molecule has 0 aromatic rings. The summed E-state index contributed by atoms with van der Waals surface area (Å²) in [6.45, 7) is 6.48. The molecule has 2 rings (SSSR count). The number of carbonyl (C=O) groups is 1. The van der Waals surface area contributed by atoms with E-state index < -0.39 is 8.32 Å². The Morgan fingerprint density at radius 2 is 2.00 bits per heavy atom. The molecule has 0 aliphatic heterocycles. The van der Waals surface area contributed by atoms with Crippen LogP contribution in [0.4, 0.5) is 0 Å². The summed E-state index contributed by atoms with van der Waals surface area (Å²) in [6.07, 6.45) is 3.42. The van der Waals surface area contributed by atoms with Crippen LogP contribution in [0.5, 0.6) is 0 Å². The van der Waals surface area contributed by atoms with Crippen molar-refractivity contribution >= 4 is 14.1 Å². The van der Waals surface area contributed by atoms with Crippen LogP contribution in [0.2, 0.25) is 19.6 Å². The maximum atomic E-state index is 11.7. The summed E-state index contributed by atoms with van der Waals surface area (Å²) in [7, 11) is -1.52. The average molecular weight is 198 g/mol. The second-order valence-electron chi connectivity index (χ2n) is 5.32. The molecule has 0 aromatic carbocycles. The van der Waals surface area contributed by atoms with Crippen LogP contribution in [0.1, 0.15) is 19.3 Å². The van der Waals surface area contributed by atoms with E-state index in [1.165, 1.54) is 6.42 Å². The van der Waals surface area contributed by atoms with Gasteiger partial charge in [0.15, 0.2) is 14.1 Å². The van der Waals surface area contributed by atoms with Gasteiger partial charge in [-0.1, -0.05) is 0 Å². The second kappa shape index (κ2) is 2.92. The third-order valence-corrected chi connectivity index (χ3v) is 4.03. The monoisotopic (exact) mass is 198 g/mol. The van der Waals surface area contributed by atoms with Crippen molar-refractivity contribution in [2.75, 3.05) is 0 Å². The average Bonchev–Trinajstić information content (AvgIpc) is 2.51. The highest BCUT2D eigenvalue weighted by molar-refractivity contribution is 6.69. The largest absolute Gasteiger partial charge is 0.407 e. The Hall–Kier alpha value is -0.153. The first-order valence-electron chi connectivity index (χ1n) is 5.19. The molecule has 2 aliphatic carbocycles. The fourth-order valence-corrected chi connectivity index (χ4v) is 3.62. The number of hydrogen-bond acceptors (Lipinski definition) is 2. The summed E-state index contributed by atoms with van der Waals surface area (Å²) in [4.78, 5) is 11.7. The van der Waals surface area contributed by atoms with Crippen LogP contribution < -0.4 is 0 Å². The minimum atomic E-state index is -1.52. The van der Waals surface area contributed by atoms with Crippen LogP contribution in [-0.4, -0.2) is 20.2 Å². The lowest BCUT2D eigenvalue weighted by molar-refractivity contribution is -0.129. The summed E-state index contributed by atoms with van der Waals surface area (Å²) in [5.41, 5.74) is 0. The second-order valence-corrected chi connectivity index (χ2v) is 9.78. The summed E-state index contributed by atoms with van der Waals surface area (Å²) in [5.74, 6) is 1.31. The topological polar surface area (TPSA) is 26.3 Å². The van der Waals surface area contributed by atoms with Gasteiger partial charge < -0.3 is 4.43 Å². The predicted molar refractivity (Wildman–Crippen MR) is 54.1 cm³/mol. The number of hydrogen-bond donors (Lipinski definition) is 0. The van der Waals surface area contributed by atoms with Gasteiger partial charge in [0.25, 0.3) is 0 Å². The molecule has 0 saturated heterocycles. The molecule has 0 spiro atoms. The third kappa shape index (κ3) is 1.72. The van der Waals surface area contributed by atoms with Crippen molar-refractivity contribution in [3.63, 3.8) is 0 Å². The first-order valence-corrected chi connectivity index (χ1v) is 8.60. The number of ketones is 1. The molecule has 2 saturated carbocycles. The van der Waals surface area contributed by atoms with Crippen molar-refractivity contribution in [3.8, 4) is 0 Å². The van der Waals surface area contributed by atoms with E-state index in [2.05, 4.69) is 19.6 Å². The van der Waals surface area contributed by atoms with Crippen molar-refractivity contribution in [1.82, 2.24) is 0 Å². The van der Waals surface area contributed by atoms with Crippen molar-refractivity contribution < 1.29 is 9.22 Å².